The molecule has 1 amide bonds. The summed E-state index contributed by atoms with van der Waals surface area (Å²) in [6, 6.07) is 10.5. The number of hydrogen-bond donors (Lipinski definition) is 1. The van der Waals surface area contributed by atoms with E-state index in [4.69, 9.17) is 25.8 Å². The molecule has 5 nitrogen and oxygen atoms in total. The van der Waals surface area contributed by atoms with Gasteiger partial charge in [0.1, 0.15) is 0 Å². The number of rotatable bonds is 6. The Balaban J connectivity index is 2.16. The monoisotopic (exact) mass is 347 g/mol. The first-order valence-electron chi connectivity index (χ1n) is 7.12. The molecule has 126 valence electrons. The lowest BCUT2D eigenvalue weighted by molar-refractivity contribution is -0.111. The Morgan fingerprint density at radius 1 is 1.04 bits per heavy atom. The van der Waals surface area contributed by atoms with E-state index in [1.54, 1.807) is 30.3 Å². The van der Waals surface area contributed by atoms with Gasteiger partial charge in [-0.3, -0.25) is 4.79 Å². The van der Waals surface area contributed by atoms with E-state index in [1.807, 2.05) is 12.1 Å². The molecule has 0 aliphatic carbocycles. The van der Waals surface area contributed by atoms with Crippen LogP contribution in [0.4, 0.5) is 5.69 Å². The van der Waals surface area contributed by atoms with E-state index in [-0.39, 0.29) is 5.91 Å². The first-order chi connectivity index (χ1) is 11.6. The summed E-state index contributed by atoms with van der Waals surface area (Å²) >= 11 is 5.91. The number of anilines is 1. The number of methoxy groups -OCH3 is 3. The van der Waals surface area contributed by atoms with Gasteiger partial charge in [-0.1, -0.05) is 23.7 Å². The Hall–Kier alpha value is -2.66. The molecule has 0 heterocycles. The van der Waals surface area contributed by atoms with E-state index in [0.717, 1.165) is 5.56 Å². The zero-order chi connectivity index (χ0) is 17.5. The van der Waals surface area contributed by atoms with Crippen LogP contribution < -0.4 is 19.5 Å². The summed E-state index contributed by atoms with van der Waals surface area (Å²) in [4.78, 5) is 12.1. The fraction of sp³-hybridized carbons (Fsp3) is 0.167. The molecule has 0 aromatic heterocycles. The van der Waals surface area contributed by atoms with Crippen LogP contribution in [0.3, 0.4) is 0 Å². The highest BCUT2D eigenvalue weighted by atomic mass is 35.5. The molecule has 0 fully saturated rings. The van der Waals surface area contributed by atoms with E-state index in [0.29, 0.717) is 28.0 Å². The summed E-state index contributed by atoms with van der Waals surface area (Å²) in [5, 5.41) is 3.37. The lowest BCUT2D eigenvalue weighted by Crippen LogP contribution is -2.08. The number of carbonyl (C=O) groups excluding carboxylic acids is 1. The fourth-order valence-corrected chi connectivity index (χ4v) is 2.32. The van der Waals surface area contributed by atoms with Gasteiger partial charge in [0.25, 0.3) is 0 Å². The minimum absolute atomic E-state index is 0.288. The van der Waals surface area contributed by atoms with Gasteiger partial charge in [-0.2, -0.15) is 0 Å². The number of ether oxygens (including phenoxy) is 3. The van der Waals surface area contributed by atoms with Crippen molar-refractivity contribution in [2.75, 3.05) is 26.6 Å². The van der Waals surface area contributed by atoms with Crippen molar-refractivity contribution >= 4 is 29.3 Å². The van der Waals surface area contributed by atoms with Gasteiger partial charge in [-0.25, -0.2) is 0 Å². The van der Waals surface area contributed by atoms with Gasteiger partial charge in [-0.05, 0) is 23.8 Å². The highest BCUT2D eigenvalue weighted by molar-refractivity contribution is 6.30. The Labute approximate surface area is 145 Å². The summed E-state index contributed by atoms with van der Waals surface area (Å²) in [6.07, 6.45) is 3.11. The topological polar surface area (TPSA) is 56.8 Å². The summed E-state index contributed by atoms with van der Waals surface area (Å²) < 4.78 is 15.8. The second kappa shape index (κ2) is 8.26. The number of amides is 1. The molecule has 24 heavy (non-hydrogen) atoms. The zero-order valence-electron chi connectivity index (χ0n) is 13.6. The second-order valence-corrected chi connectivity index (χ2v) is 5.23. The lowest BCUT2D eigenvalue weighted by atomic mass is 10.2. The van der Waals surface area contributed by atoms with E-state index in [1.165, 1.54) is 27.4 Å². The van der Waals surface area contributed by atoms with Crippen LogP contribution in [-0.4, -0.2) is 27.2 Å². The maximum atomic E-state index is 12.1. The largest absolute Gasteiger partial charge is 0.493 e. The molecule has 0 radical (unpaired) electrons. The smallest absolute Gasteiger partial charge is 0.248 e. The van der Waals surface area contributed by atoms with Crippen LogP contribution in [0, 0.1) is 0 Å². The predicted molar refractivity (Wildman–Crippen MR) is 95.2 cm³/mol. The summed E-state index contributed by atoms with van der Waals surface area (Å²) in [5.74, 6) is 1.11. The normalized spacial score (nSPS) is 10.5. The fourth-order valence-electron chi connectivity index (χ4n) is 2.12. The summed E-state index contributed by atoms with van der Waals surface area (Å²) in [6.45, 7) is 0. The summed E-state index contributed by atoms with van der Waals surface area (Å²) in [7, 11) is 4.55. The molecule has 1 N–H and O–H groups in total. The molecule has 6 heteroatoms. The quantitative estimate of drug-likeness (QED) is 0.802. The molecular weight excluding hydrogens is 330 g/mol. The van der Waals surface area contributed by atoms with Crippen LogP contribution in [0.15, 0.2) is 42.5 Å². The van der Waals surface area contributed by atoms with Crippen molar-refractivity contribution in [1.29, 1.82) is 0 Å². The second-order valence-electron chi connectivity index (χ2n) is 4.79. The van der Waals surface area contributed by atoms with Crippen LogP contribution in [-0.2, 0) is 4.79 Å². The van der Waals surface area contributed by atoms with E-state index in [2.05, 4.69) is 5.32 Å². The van der Waals surface area contributed by atoms with Gasteiger partial charge in [0.05, 0.1) is 21.3 Å². The van der Waals surface area contributed by atoms with Crippen molar-refractivity contribution in [2.45, 2.75) is 0 Å². The number of hydrogen-bond acceptors (Lipinski definition) is 4. The van der Waals surface area contributed by atoms with Gasteiger partial charge in [0, 0.05) is 28.9 Å². The van der Waals surface area contributed by atoms with Crippen molar-refractivity contribution in [3.63, 3.8) is 0 Å². The number of nitrogens with one attached hydrogen (secondary N) is 1. The third kappa shape index (κ3) is 4.43. The van der Waals surface area contributed by atoms with Crippen LogP contribution in [0.5, 0.6) is 17.2 Å². The van der Waals surface area contributed by atoms with Gasteiger partial charge in [0.2, 0.25) is 11.7 Å². The highest BCUT2D eigenvalue weighted by Gasteiger charge is 2.13. The molecule has 0 bridgehead atoms. The first-order valence-corrected chi connectivity index (χ1v) is 7.49. The van der Waals surface area contributed by atoms with E-state index < -0.39 is 0 Å². The highest BCUT2D eigenvalue weighted by Crippen LogP contribution is 2.39. The predicted octanol–water partition coefficient (Wildman–Crippen LogP) is 4.02. The SMILES string of the molecule is COc1cc(NC(=O)/C=C/c2cccc(Cl)c2)cc(OC)c1OC. The molecule has 0 spiro atoms. The van der Waals surface area contributed by atoms with Gasteiger partial charge in [0.15, 0.2) is 11.5 Å². The molecule has 0 aliphatic rings. The van der Waals surface area contributed by atoms with Crippen LogP contribution >= 0.6 is 11.6 Å². The van der Waals surface area contributed by atoms with Gasteiger partial charge in [-0.15, -0.1) is 0 Å². The Bertz CT molecular complexity index is 733. The molecule has 2 aromatic rings. The lowest BCUT2D eigenvalue weighted by Gasteiger charge is -2.14. The van der Waals surface area contributed by atoms with Crippen molar-refractivity contribution in [1.82, 2.24) is 0 Å². The average Bonchev–Trinajstić information content (AvgIpc) is 2.59. The van der Waals surface area contributed by atoms with Crippen LogP contribution in [0.25, 0.3) is 6.08 Å². The van der Waals surface area contributed by atoms with Gasteiger partial charge < -0.3 is 19.5 Å². The molecule has 2 aromatic carbocycles. The summed E-state index contributed by atoms with van der Waals surface area (Å²) in [5.41, 5.74) is 1.37. The Morgan fingerprint density at radius 3 is 2.25 bits per heavy atom. The Kier molecular flexibility index (Phi) is 6.09. The molecule has 0 saturated carbocycles. The zero-order valence-corrected chi connectivity index (χ0v) is 14.4. The molecule has 0 atom stereocenters. The molecular formula is C18H18ClNO4. The van der Waals surface area contributed by atoms with Gasteiger partial charge >= 0.3 is 0 Å². The van der Waals surface area contributed by atoms with Crippen molar-refractivity contribution in [3.05, 3.63) is 53.1 Å². The van der Waals surface area contributed by atoms with E-state index in [9.17, 15) is 4.79 Å². The maximum absolute atomic E-state index is 12.1. The molecule has 0 unspecified atom stereocenters. The van der Waals surface area contributed by atoms with Crippen LogP contribution in [0.1, 0.15) is 5.56 Å². The van der Waals surface area contributed by atoms with Crippen molar-refractivity contribution in [2.24, 2.45) is 0 Å². The van der Waals surface area contributed by atoms with Crippen LogP contribution in [0.2, 0.25) is 5.02 Å². The van der Waals surface area contributed by atoms with E-state index >= 15 is 0 Å². The Morgan fingerprint density at radius 2 is 1.71 bits per heavy atom. The molecule has 2 rings (SSSR count). The number of halogens is 1. The van der Waals surface area contributed by atoms with Crippen molar-refractivity contribution < 1.29 is 19.0 Å². The maximum Gasteiger partial charge on any atom is 0.248 e. The standard InChI is InChI=1S/C18H18ClNO4/c1-22-15-10-14(11-16(23-2)18(15)24-3)20-17(21)8-7-12-5-4-6-13(19)9-12/h4-11H,1-3H3,(H,20,21)/b8-7+. The first kappa shape index (κ1) is 17.7. The minimum atomic E-state index is -0.288. The molecule has 0 saturated heterocycles. The third-order valence-corrected chi connectivity index (χ3v) is 3.44. The van der Waals surface area contributed by atoms with Crippen molar-refractivity contribution in [3.8, 4) is 17.2 Å². The third-order valence-electron chi connectivity index (χ3n) is 3.21. The minimum Gasteiger partial charge on any atom is -0.493 e. The number of benzene rings is 2. The average molecular weight is 348 g/mol. The number of carbonyl (C=O) groups is 1. The molecule has 0 aliphatic heterocycles.